The van der Waals surface area contributed by atoms with Gasteiger partial charge in [-0.05, 0) is 88.3 Å². The third-order valence-electron chi connectivity index (χ3n) is 6.66. The molecule has 0 unspecified atom stereocenters. The molecule has 0 aromatic heterocycles. The number of methoxy groups -OCH3 is 4. The van der Waals surface area contributed by atoms with Gasteiger partial charge in [0.2, 0.25) is 0 Å². The van der Waals surface area contributed by atoms with Crippen LogP contribution in [0.4, 0.5) is 0 Å². The molecule has 2 aromatic rings. The van der Waals surface area contributed by atoms with Crippen LogP contribution < -0.4 is 35.7 Å². The first-order chi connectivity index (χ1) is 19.9. The minimum atomic E-state index is -0.0661. The number of carbonyl (C=O) groups excluding carboxylic acids is 2. The van der Waals surface area contributed by atoms with Gasteiger partial charge < -0.3 is 45.5 Å². The molecule has 0 fully saturated rings. The van der Waals surface area contributed by atoms with Crippen molar-refractivity contribution in [1.29, 1.82) is 0 Å². The first kappa shape index (κ1) is 33.7. The Morgan fingerprint density at radius 1 is 0.610 bits per heavy atom. The quantitative estimate of drug-likeness (QED) is 0.204. The van der Waals surface area contributed by atoms with E-state index in [2.05, 4.69) is 5.32 Å². The fraction of sp³-hybridized carbons (Fsp3) is 0.533. The number of amides is 2. The summed E-state index contributed by atoms with van der Waals surface area (Å²) in [7, 11) is 6.22. The zero-order valence-electron chi connectivity index (χ0n) is 24.9. The largest absolute Gasteiger partial charge is 0.493 e. The SMILES string of the molecule is COc1ccc(C(=O)N(CCCN)CCCNCCCN(CCCN)C(=O)c2ccc(OC)c(OC)c2)cc1OC. The normalized spacial score (nSPS) is 10.7. The molecule has 0 saturated carbocycles. The smallest absolute Gasteiger partial charge is 0.253 e. The van der Waals surface area contributed by atoms with Crippen LogP contribution in [0, 0.1) is 0 Å². The van der Waals surface area contributed by atoms with E-state index in [1.54, 1.807) is 64.8 Å². The van der Waals surface area contributed by atoms with Crippen LogP contribution in [-0.4, -0.2) is 102 Å². The van der Waals surface area contributed by atoms with Gasteiger partial charge >= 0.3 is 0 Å². The molecule has 0 radical (unpaired) electrons. The Morgan fingerprint density at radius 2 is 0.976 bits per heavy atom. The van der Waals surface area contributed by atoms with Gasteiger partial charge in [0.1, 0.15) is 0 Å². The van der Waals surface area contributed by atoms with Crippen molar-refractivity contribution in [3.8, 4) is 23.0 Å². The van der Waals surface area contributed by atoms with E-state index in [-0.39, 0.29) is 11.8 Å². The lowest BCUT2D eigenvalue weighted by atomic mass is 10.1. The molecule has 11 heteroatoms. The van der Waals surface area contributed by atoms with Crippen molar-refractivity contribution in [2.24, 2.45) is 11.5 Å². The molecule has 0 bridgehead atoms. The Hall–Kier alpha value is -3.54. The van der Waals surface area contributed by atoms with Crippen LogP contribution in [0.3, 0.4) is 0 Å². The average Bonchev–Trinajstić information content (AvgIpc) is 3.01. The molecule has 0 atom stereocenters. The zero-order chi connectivity index (χ0) is 30.0. The van der Waals surface area contributed by atoms with Crippen molar-refractivity contribution in [3.63, 3.8) is 0 Å². The summed E-state index contributed by atoms with van der Waals surface area (Å²) < 4.78 is 21.3. The number of rotatable bonds is 20. The van der Waals surface area contributed by atoms with Gasteiger partial charge in [0.05, 0.1) is 28.4 Å². The van der Waals surface area contributed by atoms with Gasteiger partial charge in [0, 0.05) is 37.3 Å². The topological polar surface area (TPSA) is 142 Å². The Labute approximate surface area is 244 Å². The number of carbonyl (C=O) groups is 2. The maximum absolute atomic E-state index is 13.2. The van der Waals surface area contributed by atoms with Crippen LogP contribution in [0.15, 0.2) is 36.4 Å². The van der Waals surface area contributed by atoms with E-state index in [4.69, 9.17) is 30.4 Å². The van der Waals surface area contributed by atoms with Crippen LogP contribution in [0.5, 0.6) is 23.0 Å². The fourth-order valence-electron chi connectivity index (χ4n) is 4.41. The number of nitrogens with zero attached hydrogens (tertiary/aromatic N) is 2. The number of ether oxygens (including phenoxy) is 4. The van der Waals surface area contributed by atoms with Gasteiger partial charge in [0.25, 0.3) is 11.8 Å². The van der Waals surface area contributed by atoms with E-state index in [1.165, 1.54) is 0 Å². The predicted molar refractivity (Wildman–Crippen MR) is 160 cm³/mol. The minimum absolute atomic E-state index is 0.0661. The predicted octanol–water partition coefficient (Wildman–Crippen LogP) is 2.37. The van der Waals surface area contributed by atoms with E-state index >= 15 is 0 Å². The van der Waals surface area contributed by atoms with Crippen LogP contribution in [0.25, 0.3) is 0 Å². The molecular formula is C30H47N5O6. The maximum atomic E-state index is 13.2. The summed E-state index contributed by atoms with van der Waals surface area (Å²) in [5.41, 5.74) is 12.5. The van der Waals surface area contributed by atoms with Crippen LogP contribution >= 0.6 is 0 Å². The van der Waals surface area contributed by atoms with Gasteiger partial charge in [-0.15, -0.1) is 0 Å². The molecule has 0 heterocycles. The lowest BCUT2D eigenvalue weighted by Gasteiger charge is -2.24. The van der Waals surface area contributed by atoms with E-state index in [1.807, 2.05) is 9.80 Å². The monoisotopic (exact) mass is 573 g/mol. The summed E-state index contributed by atoms with van der Waals surface area (Å²) in [6.45, 7) is 4.86. The molecule has 228 valence electrons. The van der Waals surface area contributed by atoms with E-state index in [9.17, 15) is 9.59 Å². The summed E-state index contributed by atoms with van der Waals surface area (Å²) in [4.78, 5) is 30.1. The Balaban J connectivity index is 1.87. The fourth-order valence-corrected chi connectivity index (χ4v) is 4.41. The van der Waals surface area contributed by atoms with Gasteiger partial charge in [-0.1, -0.05) is 0 Å². The highest BCUT2D eigenvalue weighted by Crippen LogP contribution is 2.29. The third kappa shape index (κ3) is 10.4. The Kier molecular flexibility index (Phi) is 15.4. The summed E-state index contributed by atoms with van der Waals surface area (Å²) in [6, 6.07) is 10.4. The first-order valence-corrected chi connectivity index (χ1v) is 14.1. The summed E-state index contributed by atoms with van der Waals surface area (Å²) >= 11 is 0. The van der Waals surface area contributed by atoms with Crippen LogP contribution in [0.2, 0.25) is 0 Å². The second-order valence-corrected chi connectivity index (χ2v) is 9.47. The van der Waals surface area contributed by atoms with Gasteiger partial charge in [-0.3, -0.25) is 9.59 Å². The number of nitrogens with two attached hydrogens (primary N) is 2. The third-order valence-corrected chi connectivity index (χ3v) is 6.66. The van der Waals surface area contributed by atoms with Crippen LogP contribution in [0.1, 0.15) is 46.4 Å². The van der Waals surface area contributed by atoms with Crippen molar-refractivity contribution in [2.75, 3.05) is 80.8 Å². The summed E-state index contributed by atoms with van der Waals surface area (Å²) in [5.74, 6) is 2.06. The first-order valence-electron chi connectivity index (χ1n) is 14.1. The Bertz CT molecular complexity index is 1000. The van der Waals surface area contributed by atoms with Crippen molar-refractivity contribution >= 4 is 11.8 Å². The van der Waals surface area contributed by atoms with Crippen molar-refractivity contribution in [2.45, 2.75) is 25.7 Å². The molecule has 5 N–H and O–H groups in total. The molecule has 2 rings (SSSR count). The summed E-state index contributed by atoms with van der Waals surface area (Å²) in [5, 5.41) is 3.43. The molecule has 2 aromatic carbocycles. The second-order valence-electron chi connectivity index (χ2n) is 9.47. The van der Waals surface area contributed by atoms with Crippen molar-refractivity contribution < 1.29 is 28.5 Å². The van der Waals surface area contributed by atoms with Gasteiger partial charge in [-0.2, -0.15) is 0 Å². The van der Waals surface area contributed by atoms with Crippen molar-refractivity contribution in [3.05, 3.63) is 47.5 Å². The molecular weight excluding hydrogens is 526 g/mol. The highest BCUT2D eigenvalue weighted by atomic mass is 16.5. The zero-order valence-corrected chi connectivity index (χ0v) is 24.9. The number of hydrogen-bond donors (Lipinski definition) is 3. The molecule has 0 aliphatic rings. The molecule has 41 heavy (non-hydrogen) atoms. The van der Waals surface area contributed by atoms with Crippen molar-refractivity contribution in [1.82, 2.24) is 15.1 Å². The molecule has 11 nitrogen and oxygen atoms in total. The number of hydrogen-bond acceptors (Lipinski definition) is 9. The molecule has 0 saturated heterocycles. The standard InChI is InChI=1S/C30H47N5O6/c1-38-25-11-9-23(21-27(25)40-3)29(36)34(17-5-13-31)19-7-15-33-16-8-20-35(18-6-14-32)30(37)24-10-12-26(39-2)28(22-24)41-4/h9-12,21-22,33H,5-8,13-20,31-32H2,1-4H3. The maximum Gasteiger partial charge on any atom is 0.253 e. The summed E-state index contributed by atoms with van der Waals surface area (Å²) in [6.07, 6.45) is 3.01. The van der Waals surface area contributed by atoms with Gasteiger partial charge in [-0.25, -0.2) is 0 Å². The second kappa shape index (κ2) is 18.7. The number of benzene rings is 2. The lowest BCUT2D eigenvalue weighted by Crippen LogP contribution is -2.36. The molecule has 2 amide bonds. The average molecular weight is 574 g/mol. The Morgan fingerprint density at radius 3 is 1.32 bits per heavy atom. The van der Waals surface area contributed by atoms with E-state index < -0.39 is 0 Å². The van der Waals surface area contributed by atoms with E-state index in [0.717, 1.165) is 38.8 Å². The molecule has 0 aliphatic carbocycles. The highest BCUT2D eigenvalue weighted by Gasteiger charge is 2.19. The highest BCUT2D eigenvalue weighted by molar-refractivity contribution is 5.95. The minimum Gasteiger partial charge on any atom is -0.493 e. The van der Waals surface area contributed by atoms with E-state index in [0.29, 0.717) is 73.4 Å². The lowest BCUT2D eigenvalue weighted by molar-refractivity contribution is 0.0748. The number of nitrogens with one attached hydrogen (secondary N) is 1. The molecule has 0 spiro atoms. The van der Waals surface area contributed by atoms with Gasteiger partial charge in [0.15, 0.2) is 23.0 Å². The molecule has 0 aliphatic heterocycles. The van der Waals surface area contributed by atoms with Crippen LogP contribution in [-0.2, 0) is 0 Å².